The van der Waals surface area contributed by atoms with Crippen LogP contribution >= 0.6 is 27.7 Å². The lowest BCUT2D eigenvalue weighted by Crippen LogP contribution is -2.15. The molecule has 0 bridgehead atoms. The maximum atomic E-state index is 5.71. The normalized spacial score (nSPS) is 12.9. The second kappa shape index (κ2) is 8.98. The lowest BCUT2D eigenvalue weighted by Gasteiger charge is -2.19. The molecule has 0 spiro atoms. The number of rotatable bonds is 7. The lowest BCUT2D eigenvalue weighted by molar-refractivity contribution is 0.171. The number of nitrogens with zero attached hydrogens (tertiary/aromatic N) is 3. The molecular formula is C20H20BrN3O3S. The Morgan fingerprint density at radius 3 is 2.61 bits per heavy atom. The number of ether oxygens (including phenoxy) is 3. The first-order valence-corrected chi connectivity index (χ1v) is 10.7. The van der Waals surface area contributed by atoms with Crippen molar-refractivity contribution in [3.05, 3.63) is 52.5 Å². The van der Waals surface area contributed by atoms with Gasteiger partial charge in [0.1, 0.15) is 13.2 Å². The third-order valence-electron chi connectivity index (χ3n) is 4.34. The van der Waals surface area contributed by atoms with Crippen molar-refractivity contribution >= 4 is 27.7 Å². The van der Waals surface area contributed by atoms with Crippen molar-refractivity contribution in [2.24, 2.45) is 0 Å². The number of halogens is 1. The molecule has 146 valence electrons. The molecule has 0 fully saturated rings. The van der Waals surface area contributed by atoms with Gasteiger partial charge in [0.25, 0.3) is 0 Å². The minimum atomic E-state index is 0.576. The van der Waals surface area contributed by atoms with Gasteiger partial charge < -0.3 is 14.2 Å². The zero-order valence-electron chi connectivity index (χ0n) is 15.4. The second-order valence-corrected chi connectivity index (χ2v) is 7.99. The molecular weight excluding hydrogens is 442 g/mol. The van der Waals surface area contributed by atoms with E-state index in [1.807, 2.05) is 42.5 Å². The van der Waals surface area contributed by atoms with Gasteiger partial charge in [0.15, 0.2) is 22.5 Å². The largest absolute Gasteiger partial charge is 0.486 e. The highest BCUT2D eigenvalue weighted by Crippen LogP contribution is 2.38. The summed E-state index contributed by atoms with van der Waals surface area (Å²) in [5, 5.41) is 9.71. The van der Waals surface area contributed by atoms with E-state index in [0.717, 1.165) is 43.8 Å². The van der Waals surface area contributed by atoms with Crippen LogP contribution < -0.4 is 9.47 Å². The van der Waals surface area contributed by atoms with Gasteiger partial charge >= 0.3 is 0 Å². The summed E-state index contributed by atoms with van der Waals surface area (Å²) in [4.78, 5) is 0. The van der Waals surface area contributed by atoms with Crippen molar-refractivity contribution < 1.29 is 14.2 Å². The van der Waals surface area contributed by atoms with E-state index in [4.69, 9.17) is 14.2 Å². The smallest absolute Gasteiger partial charge is 0.191 e. The Morgan fingerprint density at radius 2 is 1.86 bits per heavy atom. The van der Waals surface area contributed by atoms with Gasteiger partial charge in [-0.25, -0.2) is 0 Å². The number of hydrogen-bond acceptors (Lipinski definition) is 6. The highest BCUT2D eigenvalue weighted by Gasteiger charge is 2.18. The van der Waals surface area contributed by atoms with Crippen LogP contribution in [0.25, 0.3) is 11.4 Å². The predicted octanol–water partition coefficient (Wildman–Crippen LogP) is 4.42. The Balaban J connectivity index is 1.57. The van der Waals surface area contributed by atoms with Crippen LogP contribution in [0.4, 0.5) is 0 Å². The van der Waals surface area contributed by atoms with Crippen molar-refractivity contribution in [1.29, 1.82) is 0 Å². The summed E-state index contributed by atoms with van der Waals surface area (Å²) in [5.41, 5.74) is 2.16. The number of aromatic nitrogens is 3. The summed E-state index contributed by atoms with van der Waals surface area (Å²) in [6, 6.07) is 14.1. The molecule has 1 aromatic heterocycles. The molecule has 0 radical (unpaired) electrons. The fourth-order valence-electron chi connectivity index (χ4n) is 2.94. The van der Waals surface area contributed by atoms with Crippen LogP contribution in [0.15, 0.2) is 52.1 Å². The highest BCUT2D eigenvalue weighted by atomic mass is 79.9. The molecule has 0 atom stereocenters. The maximum Gasteiger partial charge on any atom is 0.191 e. The average Bonchev–Trinajstić information content (AvgIpc) is 3.14. The van der Waals surface area contributed by atoms with E-state index in [1.54, 1.807) is 18.9 Å². The third-order valence-corrected chi connectivity index (χ3v) is 6.09. The van der Waals surface area contributed by atoms with Gasteiger partial charge in [0.05, 0.1) is 13.2 Å². The highest BCUT2D eigenvalue weighted by molar-refractivity contribution is 9.10. The summed E-state index contributed by atoms with van der Waals surface area (Å²) in [6.45, 7) is 2.45. The van der Waals surface area contributed by atoms with Gasteiger partial charge in [0.2, 0.25) is 0 Å². The van der Waals surface area contributed by atoms with Crippen molar-refractivity contribution in [3.8, 4) is 22.9 Å². The molecule has 0 saturated heterocycles. The van der Waals surface area contributed by atoms with E-state index in [1.165, 1.54) is 0 Å². The standard InChI is InChI=1S/C20H20BrN3O3S/c1-25-8-7-24-19(14-5-3-2-4-6-14)22-23-20(24)28-13-15-11-17-18(12-16(15)21)27-10-9-26-17/h2-6,11-12H,7-10,13H2,1H3. The first-order valence-electron chi connectivity index (χ1n) is 8.94. The van der Waals surface area contributed by atoms with Crippen LogP contribution in [0.2, 0.25) is 0 Å². The van der Waals surface area contributed by atoms with Crippen LogP contribution in [-0.4, -0.2) is 41.7 Å². The van der Waals surface area contributed by atoms with Crippen molar-refractivity contribution in [1.82, 2.24) is 14.8 Å². The molecule has 0 unspecified atom stereocenters. The van der Waals surface area contributed by atoms with Gasteiger partial charge in [0, 0.05) is 22.9 Å². The topological polar surface area (TPSA) is 58.4 Å². The molecule has 2 aromatic carbocycles. The zero-order chi connectivity index (χ0) is 19.3. The molecule has 6 nitrogen and oxygen atoms in total. The molecule has 0 aliphatic carbocycles. The van der Waals surface area contributed by atoms with Crippen molar-refractivity contribution in [3.63, 3.8) is 0 Å². The van der Waals surface area contributed by atoms with E-state index >= 15 is 0 Å². The van der Waals surface area contributed by atoms with E-state index < -0.39 is 0 Å². The Hall–Kier alpha value is -2.03. The first kappa shape index (κ1) is 19.3. The van der Waals surface area contributed by atoms with Crippen molar-refractivity contribution in [2.45, 2.75) is 17.5 Å². The van der Waals surface area contributed by atoms with E-state index in [-0.39, 0.29) is 0 Å². The Kier molecular flexibility index (Phi) is 6.19. The number of benzene rings is 2. The molecule has 4 rings (SSSR count). The molecule has 8 heteroatoms. The average molecular weight is 462 g/mol. The van der Waals surface area contributed by atoms with Gasteiger partial charge in [-0.3, -0.25) is 4.57 Å². The maximum absolute atomic E-state index is 5.71. The van der Waals surface area contributed by atoms with Gasteiger partial charge in [-0.05, 0) is 17.7 Å². The molecule has 2 heterocycles. The quantitative estimate of drug-likeness (QED) is 0.485. The zero-order valence-corrected chi connectivity index (χ0v) is 17.8. The number of methoxy groups -OCH3 is 1. The van der Waals surface area contributed by atoms with Gasteiger partial charge in [-0.2, -0.15) is 0 Å². The van der Waals surface area contributed by atoms with Crippen LogP contribution in [0, 0.1) is 0 Å². The molecule has 3 aromatic rings. The lowest BCUT2D eigenvalue weighted by atomic mass is 10.2. The molecule has 0 N–H and O–H groups in total. The van der Waals surface area contributed by atoms with Crippen LogP contribution in [0.5, 0.6) is 11.5 Å². The summed E-state index contributed by atoms with van der Waals surface area (Å²) >= 11 is 5.28. The van der Waals surface area contributed by atoms with Crippen LogP contribution in [-0.2, 0) is 17.0 Å². The summed E-state index contributed by atoms with van der Waals surface area (Å²) in [6.07, 6.45) is 0. The minimum Gasteiger partial charge on any atom is -0.486 e. The molecule has 1 aliphatic rings. The summed E-state index contributed by atoms with van der Waals surface area (Å²) in [7, 11) is 1.70. The number of thioether (sulfide) groups is 1. The molecule has 0 amide bonds. The van der Waals surface area contributed by atoms with E-state index in [9.17, 15) is 0 Å². The molecule has 1 aliphatic heterocycles. The molecule has 28 heavy (non-hydrogen) atoms. The predicted molar refractivity (Wildman–Crippen MR) is 112 cm³/mol. The van der Waals surface area contributed by atoms with Crippen LogP contribution in [0.3, 0.4) is 0 Å². The summed E-state index contributed by atoms with van der Waals surface area (Å²) < 4.78 is 19.7. The fourth-order valence-corrected chi connectivity index (χ4v) is 4.54. The Bertz CT molecular complexity index is 949. The molecule has 0 saturated carbocycles. The van der Waals surface area contributed by atoms with Gasteiger partial charge in [-0.15, -0.1) is 10.2 Å². The first-order chi connectivity index (χ1) is 13.8. The SMILES string of the molecule is COCCn1c(SCc2cc3c(cc2Br)OCCO3)nnc1-c1ccccc1. The third kappa shape index (κ3) is 4.19. The second-order valence-electron chi connectivity index (χ2n) is 6.19. The Labute approximate surface area is 176 Å². The summed E-state index contributed by atoms with van der Waals surface area (Å²) in [5.74, 6) is 3.15. The van der Waals surface area contributed by atoms with Gasteiger partial charge in [-0.1, -0.05) is 58.0 Å². The van der Waals surface area contributed by atoms with Crippen LogP contribution in [0.1, 0.15) is 5.56 Å². The number of hydrogen-bond donors (Lipinski definition) is 0. The minimum absolute atomic E-state index is 0.576. The monoisotopic (exact) mass is 461 g/mol. The van der Waals surface area contributed by atoms with E-state index in [2.05, 4.69) is 30.7 Å². The Morgan fingerprint density at radius 1 is 1.11 bits per heavy atom. The van der Waals surface area contributed by atoms with Crippen molar-refractivity contribution in [2.75, 3.05) is 26.9 Å². The van der Waals surface area contributed by atoms with E-state index in [0.29, 0.717) is 26.4 Å². The fraction of sp³-hybridized carbons (Fsp3) is 0.300. The number of fused-ring (bicyclic) bond motifs is 1.